The van der Waals surface area contributed by atoms with Gasteiger partial charge in [-0.2, -0.15) is 0 Å². The number of nitrogens with one attached hydrogen (secondary N) is 1. The highest BCUT2D eigenvalue weighted by atomic mass is 19.1. The topological polar surface area (TPSA) is 81.5 Å². The van der Waals surface area contributed by atoms with E-state index in [1.54, 1.807) is 12.1 Å². The number of rotatable bonds is 6. The molecule has 0 bridgehead atoms. The van der Waals surface area contributed by atoms with E-state index < -0.39 is 4.92 Å². The molecule has 1 N–H and O–H groups in total. The first kappa shape index (κ1) is 15.9. The molecule has 0 spiro atoms. The number of non-ortho nitro benzene ring substituents is 1. The number of amides is 1. The number of nitro benzene ring substituents is 1. The summed E-state index contributed by atoms with van der Waals surface area (Å²) in [6.45, 7) is -0.229. The number of nitrogens with zero attached hydrogens (tertiary/aromatic N) is 1. The van der Waals surface area contributed by atoms with Crippen molar-refractivity contribution in [3.63, 3.8) is 0 Å². The van der Waals surface area contributed by atoms with Gasteiger partial charge in [0.05, 0.1) is 11.0 Å². The summed E-state index contributed by atoms with van der Waals surface area (Å²) in [5.74, 6) is -0.233. The fraction of sp³-hybridized carbons (Fsp3) is 0.235. The fourth-order valence-electron chi connectivity index (χ4n) is 2.54. The third kappa shape index (κ3) is 3.87. The number of hydrogen-bond acceptors (Lipinski definition) is 4. The molecule has 124 valence electrons. The first-order valence-corrected chi connectivity index (χ1v) is 7.45. The van der Waals surface area contributed by atoms with Crippen LogP contribution in [0.15, 0.2) is 48.5 Å². The summed E-state index contributed by atoms with van der Waals surface area (Å²) in [4.78, 5) is 22.0. The minimum Gasteiger partial charge on any atom is -0.484 e. The van der Waals surface area contributed by atoms with Crippen LogP contribution in [0.5, 0.6) is 5.75 Å². The zero-order valence-corrected chi connectivity index (χ0v) is 12.6. The van der Waals surface area contributed by atoms with E-state index >= 15 is 0 Å². The van der Waals surface area contributed by atoms with Gasteiger partial charge in [-0.25, -0.2) is 4.39 Å². The first-order valence-electron chi connectivity index (χ1n) is 7.45. The number of carbonyl (C=O) groups excluding carboxylic acids is 1. The molecule has 2 unspecified atom stereocenters. The minimum absolute atomic E-state index is 0.0343. The molecule has 2 aromatic rings. The lowest BCUT2D eigenvalue weighted by atomic mass is 10.1. The van der Waals surface area contributed by atoms with E-state index in [9.17, 15) is 19.3 Å². The van der Waals surface area contributed by atoms with Gasteiger partial charge in [0, 0.05) is 18.0 Å². The predicted octanol–water partition coefficient (Wildman–Crippen LogP) is 2.79. The highest BCUT2D eigenvalue weighted by molar-refractivity contribution is 5.78. The Bertz CT molecular complexity index is 781. The molecular weight excluding hydrogens is 315 g/mol. The van der Waals surface area contributed by atoms with E-state index in [4.69, 9.17) is 4.74 Å². The maximum atomic E-state index is 13.2. The molecule has 1 aliphatic rings. The van der Waals surface area contributed by atoms with Crippen molar-refractivity contribution in [1.29, 1.82) is 0 Å². The van der Waals surface area contributed by atoms with E-state index in [-0.39, 0.29) is 41.7 Å². The van der Waals surface area contributed by atoms with Crippen LogP contribution in [0.3, 0.4) is 0 Å². The molecule has 24 heavy (non-hydrogen) atoms. The average Bonchev–Trinajstić information content (AvgIpc) is 3.32. The molecule has 3 rings (SSSR count). The van der Waals surface area contributed by atoms with E-state index in [0.29, 0.717) is 0 Å². The molecule has 1 fully saturated rings. The van der Waals surface area contributed by atoms with Crippen LogP contribution in [0.25, 0.3) is 0 Å². The SMILES string of the molecule is O=C(COc1cccc([N+](=O)[O-])c1)NC1CC1c1cccc(F)c1. The summed E-state index contributed by atoms with van der Waals surface area (Å²) >= 11 is 0. The number of nitro groups is 1. The average molecular weight is 330 g/mol. The van der Waals surface area contributed by atoms with E-state index in [1.807, 2.05) is 6.07 Å². The van der Waals surface area contributed by atoms with Gasteiger partial charge in [0.2, 0.25) is 0 Å². The van der Waals surface area contributed by atoms with Gasteiger partial charge in [0.25, 0.3) is 11.6 Å². The van der Waals surface area contributed by atoms with Gasteiger partial charge in [-0.1, -0.05) is 18.2 Å². The van der Waals surface area contributed by atoms with E-state index in [2.05, 4.69) is 5.32 Å². The molecule has 0 saturated heterocycles. The van der Waals surface area contributed by atoms with Crippen molar-refractivity contribution in [2.24, 2.45) is 0 Å². The maximum Gasteiger partial charge on any atom is 0.273 e. The van der Waals surface area contributed by atoms with Crippen molar-refractivity contribution in [2.45, 2.75) is 18.4 Å². The monoisotopic (exact) mass is 330 g/mol. The fourth-order valence-corrected chi connectivity index (χ4v) is 2.54. The number of carbonyl (C=O) groups is 1. The summed E-state index contributed by atoms with van der Waals surface area (Å²) in [5.41, 5.74) is 0.765. The Hall–Kier alpha value is -2.96. The van der Waals surface area contributed by atoms with Crippen molar-refractivity contribution >= 4 is 11.6 Å². The van der Waals surface area contributed by atoms with Gasteiger partial charge in [-0.05, 0) is 30.2 Å². The van der Waals surface area contributed by atoms with Crippen LogP contribution in [0, 0.1) is 15.9 Å². The molecule has 0 heterocycles. The van der Waals surface area contributed by atoms with Crippen LogP contribution < -0.4 is 10.1 Å². The molecule has 7 heteroatoms. The minimum atomic E-state index is -0.527. The van der Waals surface area contributed by atoms with Crippen LogP contribution in [0.4, 0.5) is 10.1 Å². The molecule has 6 nitrogen and oxygen atoms in total. The summed E-state index contributed by atoms with van der Waals surface area (Å²) < 4.78 is 18.5. The Morgan fingerprint density at radius 1 is 1.29 bits per heavy atom. The number of halogens is 1. The zero-order chi connectivity index (χ0) is 17.1. The van der Waals surface area contributed by atoms with E-state index in [1.165, 1.54) is 30.3 Å². The largest absolute Gasteiger partial charge is 0.484 e. The predicted molar refractivity (Wildman–Crippen MR) is 84.3 cm³/mol. The van der Waals surface area contributed by atoms with E-state index in [0.717, 1.165) is 12.0 Å². The Morgan fingerprint density at radius 3 is 2.83 bits per heavy atom. The normalized spacial score (nSPS) is 18.7. The molecule has 1 amide bonds. The standard InChI is InChI=1S/C17H15FN2O4/c18-12-4-1-3-11(7-12)15-9-16(15)19-17(21)10-24-14-6-2-5-13(8-14)20(22)23/h1-8,15-16H,9-10H2,(H,19,21). The zero-order valence-electron chi connectivity index (χ0n) is 12.6. The second-order valence-electron chi connectivity index (χ2n) is 5.61. The lowest BCUT2D eigenvalue weighted by Gasteiger charge is -2.07. The summed E-state index contributed by atoms with van der Waals surface area (Å²) in [7, 11) is 0. The molecule has 1 saturated carbocycles. The molecule has 0 aromatic heterocycles. The smallest absolute Gasteiger partial charge is 0.273 e. The molecule has 2 aromatic carbocycles. The van der Waals surface area contributed by atoms with Gasteiger partial charge in [-0.15, -0.1) is 0 Å². The molecule has 2 atom stereocenters. The van der Waals surface area contributed by atoms with Gasteiger partial charge >= 0.3 is 0 Å². The van der Waals surface area contributed by atoms with Gasteiger partial charge in [0.15, 0.2) is 6.61 Å². The molecular formula is C17H15FN2O4. The number of hydrogen-bond donors (Lipinski definition) is 1. The van der Waals surface area contributed by atoms with Gasteiger partial charge in [-0.3, -0.25) is 14.9 Å². The van der Waals surface area contributed by atoms with Crippen molar-refractivity contribution in [2.75, 3.05) is 6.61 Å². The van der Waals surface area contributed by atoms with Crippen LogP contribution in [-0.4, -0.2) is 23.5 Å². The van der Waals surface area contributed by atoms with Crippen molar-refractivity contribution in [1.82, 2.24) is 5.32 Å². The number of ether oxygens (including phenoxy) is 1. The Balaban J connectivity index is 1.49. The van der Waals surface area contributed by atoms with Gasteiger partial charge < -0.3 is 10.1 Å². The van der Waals surface area contributed by atoms with Crippen molar-refractivity contribution < 1.29 is 18.8 Å². The Kier molecular flexibility index (Phi) is 4.41. The first-order chi connectivity index (χ1) is 11.5. The van der Waals surface area contributed by atoms with Crippen LogP contribution in [-0.2, 0) is 4.79 Å². The van der Waals surface area contributed by atoms with Gasteiger partial charge in [0.1, 0.15) is 11.6 Å². The van der Waals surface area contributed by atoms with Crippen LogP contribution in [0.2, 0.25) is 0 Å². The lowest BCUT2D eigenvalue weighted by molar-refractivity contribution is -0.384. The second-order valence-corrected chi connectivity index (χ2v) is 5.61. The van der Waals surface area contributed by atoms with Crippen LogP contribution in [0.1, 0.15) is 17.9 Å². The third-order valence-electron chi connectivity index (χ3n) is 3.81. The lowest BCUT2D eigenvalue weighted by Crippen LogP contribution is -2.31. The molecule has 0 radical (unpaired) electrons. The molecule has 0 aliphatic heterocycles. The highest BCUT2D eigenvalue weighted by Crippen LogP contribution is 2.40. The Labute approximate surface area is 137 Å². The summed E-state index contributed by atoms with van der Waals surface area (Å²) in [5, 5.41) is 13.5. The quantitative estimate of drug-likeness (QED) is 0.652. The third-order valence-corrected chi connectivity index (χ3v) is 3.81. The Morgan fingerprint density at radius 2 is 2.08 bits per heavy atom. The maximum absolute atomic E-state index is 13.2. The van der Waals surface area contributed by atoms with Crippen molar-refractivity contribution in [3.8, 4) is 5.75 Å². The van der Waals surface area contributed by atoms with Crippen molar-refractivity contribution in [3.05, 3.63) is 70.0 Å². The summed E-state index contributed by atoms with van der Waals surface area (Å²) in [6, 6.07) is 11.9. The molecule has 1 aliphatic carbocycles. The highest BCUT2D eigenvalue weighted by Gasteiger charge is 2.39. The summed E-state index contributed by atoms with van der Waals surface area (Å²) in [6.07, 6.45) is 0.756. The number of benzene rings is 2. The van der Waals surface area contributed by atoms with Crippen LogP contribution >= 0.6 is 0 Å². The second kappa shape index (κ2) is 6.66.